The van der Waals surface area contributed by atoms with E-state index >= 15 is 0 Å². The van der Waals surface area contributed by atoms with Crippen molar-refractivity contribution in [2.45, 2.75) is 11.3 Å². The van der Waals surface area contributed by atoms with E-state index < -0.39 is 9.70 Å². The van der Waals surface area contributed by atoms with Crippen LogP contribution in [0.5, 0.6) is 0 Å². The maximum atomic E-state index is 14.9. The van der Waals surface area contributed by atoms with Crippen LogP contribution >= 0.6 is 20.4 Å². The number of halogens is 2. The van der Waals surface area contributed by atoms with Gasteiger partial charge in [0.05, 0.1) is 18.6 Å². The molecule has 5 rings (SSSR count). The normalized spacial score (nSPS) is 21.8. The lowest BCUT2D eigenvalue weighted by Crippen LogP contribution is -2.36. The van der Waals surface area contributed by atoms with Crippen molar-refractivity contribution in [3.63, 3.8) is 0 Å². The van der Waals surface area contributed by atoms with Crippen LogP contribution in [0.4, 0.5) is 21.5 Å². The largest absolute Gasteiger partial charge is 0.378 e. The summed E-state index contributed by atoms with van der Waals surface area (Å²) in [6.07, 6.45) is 1.12. The Balaban J connectivity index is 1.58. The van der Waals surface area contributed by atoms with Gasteiger partial charge in [0.2, 0.25) is 0 Å². The minimum absolute atomic E-state index is 0.310. The minimum Gasteiger partial charge on any atom is -0.378 e. The van der Waals surface area contributed by atoms with Crippen molar-refractivity contribution in [1.82, 2.24) is 5.32 Å². The van der Waals surface area contributed by atoms with E-state index in [0.717, 1.165) is 71.8 Å². The molecule has 0 spiro atoms. The molecule has 0 amide bonds. The van der Waals surface area contributed by atoms with Crippen LogP contribution in [0.2, 0.25) is 0 Å². The lowest BCUT2D eigenvalue weighted by atomic mass is 10.2. The van der Waals surface area contributed by atoms with Crippen LogP contribution in [0.3, 0.4) is 0 Å². The summed E-state index contributed by atoms with van der Waals surface area (Å²) >= 11 is 0. The van der Waals surface area contributed by atoms with Gasteiger partial charge in [-0.3, -0.25) is 0 Å². The Bertz CT molecular complexity index is 1050. The third kappa shape index (κ3) is 3.77. The molecule has 8 heteroatoms. The molecule has 1 N–H and O–H groups in total. The van der Waals surface area contributed by atoms with E-state index in [9.17, 15) is 4.39 Å². The van der Waals surface area contributed by atoms with Crippen molar-refractivity contribution in [1.29, 1.82) is 0 Å². The van der Waals surface area contributed by atoms with Crippen molar-refractivity contribution >= 4 is 37.4 Å². The van der Waals surface area contributed by atoms with Crippen molar-refractivity contribution in [3.8, 4) is 0 Å². The summed E-state index contributed by atoms with van der Waals surface area (Å²) in [5.74, 6) is -0.310. The quantitative estimate of drug-likeness (QED) is 0.735. The summed E-state index contributed by atoms with van der Waals surface area (Å²) in [6, 6.07) is 9.78. The van der Waals surface area contributed by atoms with E-state index in [0.29, 0.717) is 18.9 Å². The zero-order valence-corrected chi connectivity index (χ0v) is 17.7. The minimum atomic E-state index is -0.746. The highest BCUT2D eigenvalue weighted by molar-refractivity contribution is 8.29. The number of benzene rings is 2. The van der Waals surface area contributed by atoms with Gasteiger partial charge in [0, 0.05) is 53.5 Å². The van der Waals surface area contributed by atoms with Gasteiger partial charge < -0.3 is 19.9 Å². The molecular formula is C21H24ClFN4OS. The average molecular weight is 435 g/mol. The lowest BCUT2D eigenvalue weighted by Gasteiger charge is -2.29. The number of rotatable bonds is 2. The van der Waals surface area contributed by atoms with Crippen molar-refractivity contribution < 1.29 is 9.13 Å². The molecule has 0 saturated carbocycles. The van der Waals surface area contributed by atoms with Gasteiger partial charge >= 0.3 is 0 Å². The van der Waals surface area contributed by atoms with E-state index in [4.69, 9.17) is 15.4 Å². The van der Waals surface area contributed by atoms with Crippen molar-refractivity contribution in [2.75, 3.05) is 62.3 Å². The Labute approximate surface area is 176 Å². The zero-order valence-electron chi connectivity index (χ0n) is 16.2. The van der Waals surface area contributed by atoms with E-state index in [1.54, 1.807) is 6.07 Å². The van der Waals surface area contributed by atoms with Gasteiger partial charge in [-0.2, -0.15) is 0 Å². The number of hydrogen-bond donors (Lipinski definition) is 1. The van der Waals surface area contributed by atoms with Gasteiger partial charge in [-0.05, 0) is 54.0 Å². The number of nitrogens with one attached hydrogen (secondary N) is 1. The fraction of sp³-hybridized carbons (Fsp3) is 0.429. The maximum Gasteiger partial charge on any atom is 0.152 e. The van der Waals surface area contributed by atoms with Gasteiger partial charge in [0.15, 0.2) is 5.82 Å². The Morgan fingerprint density at radius 1 is 1.00 bits per heavy atom. The Morgan fingerprint density at radius 3 is 2.69 bits per heavy atom. The summed E-state index contributed by atoms with van der Waals surface area (Å²) in [5, 5.41) is 4.20. The molecule has 1 unspecified atom stereocenters. The molecule has 2 aromatic rings. The first kappa shape index (κ1) is 19.3. The molecule has 29 heavy (non-hydrogen) atoms. The summed E-state index contributed by atoms with van der Waals surface area (Å²) < 4.78 is 21.4. The van der Waals surface area contributed by atoms with Crippen LogP contribution in [-0.4, -0.2) is 52.5 Å². The number of morpholine rings is 1. The van der Waals surface area contributed by atoms with Crippen LogP contribution in [0.1, 0.15) is 6.42 Å². The molecule has 3 aliphatic heterocycles. The first-order chi connectivity index (χ1) is 14.2. The van der Waals surface area contributed by atoms with Crippen LogP contribution < -0.4 is 20.5 Å². The van der Waals surface area contributed by atoms with Crippen LogP contribution in [0, 0.1) is 10.3 Å². The maximum absolute atomic E-state index is 14.9. The first-order valence-corrected chi connectivity index (χ1v) is 12.1. The number of nitrogens with zero attached hydrogens (tertiary/aromatic N) is 3. The number of ether oxygens (including phenoxy) is 1. The first-order valence-electron chi connectivity index (χ1n) is 10.1. The van der Waals surface area contributed by atoms with Gasteiger partial charge in [0.1, 0.15) is 5.69 Å². The molecule has 2 fully saturated rings. The Hall–Kier alpha value is -1.67. The molecule has 5 nitrogen and oxygen atoms in total. The third-order valence-corrected chi connectivity index (χ3v) is 8.06. The smallest absolute Gasteiger partial charge is 0.152 e. The van der Waals surface area contributed by atoms with Crippen molar-refractivity contribution in [3.05, 3.63) is 46.0 Å². The lowest BCUT2D eigenvalue weighted by molar-refractivity contribution is 0.122. The molecule has 1 atom stereocenters. The predicted molar refractivity (Wildman–Crippen MR) is 117 cm³/mol. The number of hydrogen-bond acceptors (Lipinski definition) is 5. The Morgan fingerprint density at radius 2 is 1.83 bits per heavy atom. The highest BCUT2D eigenvalue weighted by Crippen LogP contribution is 2.45. The zero-order chi connectivity index (χ0) is 19.8. The monoisotopic (exact) mass is 434 g/mol. The standard InChI is InChI=1S/C21H24ClFN4OS/c22-29-19-13-15(26-6-1-4-24-5-7-26)2-3-18(19)25-21-17(23)12-16(14-20(21)29)27-8-10-28-11-9-27/h2-3,12-14,24H,1,4-11H2. The highest BCUT2D eigenvalue weighted by atomic mass is 35.7. The van der Waals surface area contributed by atoms with Gasteiger partial charge in [-0.1, -0.05) is 9.70 Å². The van der Waals surface area contributed by atoms with Gasteiger partial charge in [-0.25, -0.2) is 9.38 Å². The van der Waals surface area contributed by atoms with Crippen LogP contribution in [0.15, 0.2) is 40.2 Å². The fourth-order valence-corrected chi connectivity index (χ4v) is 6.11. The SMILES string of the molecule is Fc1cc(N2CCOCC2)cc2c1N=c1ccc(N3CCCNCC3)cc1=S2Cl. The second-order valence-electron chi connectivity index (χ2n) is 7.48. The second kappa shape index (κ2) is 8.22. The molecule has 154 valence electrons. The number of fused-ring (bicyclic) bond motifs is 2. The summed E-state index contributed by atoms with van der Waals surface area (Å²) in [5.41, 5.74) is 2.39. The summed E-state index contributed by atoms with van der Waals surface area (Å²) in [6.45, 7) is 6.85. The van der Waals surface area contributed by atoms with E-state index in [-0.39, 0.29) is 5.82 Å². The second-order valence-corrected chi connectivity index (χ2v) is 9.80. The molecule has 2 saturated heterocycles. The molecular weight excluding hydrogens is 411 g/mol. The predicted octanol–water partition coefficient (Wildman–Crippen LogP) is 3.46. The topological polar surface area (TPSA) is 40.1 Å². The molecule has 3 heterocycles. The molecule has 0 aromatic heterocycles. The van der Waals surface area contributed by atoms with E-state index in [1.807, 2.05) is 12.1 Å². The van der Waals surface area contributed by atoms with Crippen LogP contribution in [-0.2, 0) is 4.74 Å². The Kier molecular flexibility index (Phi) is 5.47. The molecule has 3 aliphatic rings. The van der Waals surface area contributed by atoms with Gasteiger partial charge in [0.25, 0.3) is 0 Å². The highest BCUT2D eigenvalue weighted by Gasteiger charge is 2.21. The third-order valence-electron chi connectivity index (χ3n) is 5.66. The summed E-state index contributed by atoms with van der Waals surface area (Å²) in [7, 11) is 6.18. The van der Waals surface area contributed by atoms with Crippen LogP contribution in [0.25, 0.3) is 0 Å². The van der Waals surface area contributed by atoms with E-state index in [2.05, 4.69) is 32.2 Å². The molecule has 0 aliphatic carbocycles. The molecule has 2 aromatic carbocycles. The number of anilines is 2. The van der Waals surface area contributed by atoms with Crippen molar-refractivity contribution in [2.24, 2.45) is 4.99 Å². The fourth-order valence-electron chi connectivity index (χ4n) is 4.09. The summed E-state index contributed by atoms with van der Waals surface area (Å²) in [4.78, 5) is 9.93. The molecule has 0 radical (unpaired) electrons. The van der Waals surface area contributed by atoms with E-state index in [1.165, 1.54) is 0 Å². The average Bonchev–Trinajstić information content (AvgIpc) is 3.05. The molecule has 0 bridgehead atoms. The van der Waals surface area contributed by atoms with Gasteiger partial charge in [-0.15, -0.1) is 0 Å².